The predicted molar refractivity (Wildman–Crippen MR) is 108 cm³/mol. The number of nitrogens with zero attached hydrogens (tertiary/aromatic N) is 1. The third-order valence-electron chi connectivity index (χ3n) is 3.46. The standard InChI is InChI=1S/C22H15ClN2O2/c23-20-12-14-21(15-13-20)25-22(26)27-24-16-19-10-8-18(9-11-19)7-6-17-4-2-1-3-5-17/h1-5,8-16H,(H,25,26)/b24-16+. The Morgan fingerprint density at radius 3 is 2.19 bits per heavy atom. The van der Waals surface area contributed by atoms with Crippen molar-refractivity contribution in [1.82, 2.24) is 0 Å². The summed E-state index contributed by atoms with van der Waals surface area (Å²) in [5.74, 6) is 6.19. The van der Waals surface area contributed by atoms with E-state index in [0.29, 0.717) is 10.7 Å². The van der Waals surface area contributed by atoms with Crippen LogP contribution < -0.4 is 5.32 Å². The minimum Gasteiger partial charge on any atom is -0.298 e. The molecule has 0 radical (unpaired) electrons. The van der Waals surface area contributed by atoms with Crippen LogP contribution in [0.25, 0.3) is 0 Å². The van der Waals surface area contributed by atoms with Gasteiger partial charge in [0.05, 0.1) is 6.21 Å². The van der Waals surface area contributed by atoms with Crippen LogP contribution >= 0.6 is 11.6 Å². The summed E-state index contributed by atoms with van der Waals surface area (Å²) in [4.78, 5) is 16.4. The third-order valence-corrected chi connectivity index (χ3v) is 3.72. The molecule has 0 aliphatic carbocycles. The fraction of sp³-hybridized carbons (Fsp3) is 0. The molecule has 0 unspecified atom stereocenters. The Kier molecular flexibility index (Phi) is 6.24. The summed E-state index contributed by atoms with van der Waals surface area (Å²) in [6.45, 7) is 0. The number of benzene rings is 3. The van der Waals surface area contributed by atoms with Crippen LogP contribution in [0.3, 0.4) is 0 Å². The van der Waals surface area contributed by atoms with E-state index in [9.17, 15) is 4.79 Å². The summed E-state index contributed by atoms with van der Waals surface area (Å²) in [5, 5.41) is 6.81. The average molecular weight is 375 g/mol. The van der Waals surface area contributed by atoms with Crippen LogP contribution in [0, 0.1) is 11.8 Å². The SMILES string of the molecule is O=C(Nc1ccc(Cl)cc1)O/N=C/c1ccc(C#Cc2ccccc2)cc1. The molecule has 1 N–H and O–H groups in total. The summed E-state index contributed by atoms with van der Waals surface area (Å²) in [5.41, 5.74) is 3.21. The van der Waals surface area contributed by atoms with Crippen molar-refractivity contribution in [2.75, 3.05) is 5.32 Å². The monoisotopic (exact) mass is 374 g/mol. The lowest BCUT2D eigenvalue weighted by atomic mass is 10.1. The van der Waals surface area contributed by atoms with Gasteiger partial charge in [-0.3, -0.25) is 10.2 Å². The van der Waals surface area contributed by atoms with Gasteiger partial charge in [0.15, 0.2) is 0 Å². The second-order valence-electron chi connectivity index (χ2n) is 5.48. The van der Waals surface area contributed by atoms with E-state index in [0.717, 1.165) is 16.7 Å². The molecule has 0 aromatic heterocycles. The highest BCUT2D eigenvalue weighted by atomic mass is 35.5. The molecule has 0 aliphatic rings. The van der Waals surface area contributed by atoms with Gasteiger partial charge in [-0.1, -0.05) is 58.9 Å². The van der Waals surface area contributed by atoms with E-state index in [1.54, 1.807) is 24.3 Å². The van der Waals surface area contributed by atoms with E-state index >= 15 is 0 Å². The first-order chi connectivity index (χ1) is 13.2. The highest BCUT2D eigenvalue weighted by Crippen LogP contribution is 2.13. The first-order valence-electron chi connectivity index (χ1n) is 8.13. The molecule has 1 amide bonds. The van der Waals surface area contributed by atoms with E-state index in [-0.39, 0.29) is 0 Å². The zero-order valence-corrected chi connectivity index (χ0v) is 15.0. The van der Waals surface area contributed by atoms with Crippen molar-refractivity contribution in [1.29, 1.82) is 0 Å². The molecule has 0 heterocycles. The topological polar surface area (TPSA) is 50.7 Å². The van der Waals surface area contributed by atoms with Gasteiger partial charge in [-0.25, -0.2) is 4.79 Å². The van der Waals surface area contributed by atoms with Crippen molar-refractivity contribution < 1.29 is 9.63 Å². The van der Waals surface area contributed by atoms with Gasteiger partial charge in [0.2, 0.25) is 0 Å². The maximum atomic E-state index is 11.7. The number of hydrogen-bond donors (Lipinski definition) is 1. The second kappa shape index (κ2) is 9.23. The Hall–Kier alpha value is -3.55. The largest absolute Gasteiger partial charge is 0.437 e. The number of anilines is 1. The van der Waals surface area contributed by atoms with Gasteiger partial charge in [-0.15, -0.1) is 0 Å². The van der Waals surface area contributed by atoms with Crippen molar-refractivity contribution >= 4 is 29.6 Å². The lowest BCUT2D eigenvalue weighted by Crippen LogP contribution is -2.10. The van der Waals surface area contributed by atoms with Crippen LogP contribution in [0.1, 0.15) is 16.7 Å². The second-order valence-corrected chi connectivity index (χ2v) is 5.92. The molecule has 0 saturated heterocycles. The normalized spacial score (nSPS) is 10.1. The number of halogens is 1. The van der Waals surface area contributed by atoms with Crippen LogP contribution in [0.5, 0.6) is 0 Å². The molecule has 0 aliphatic heterocycles. The van der Waals surface area contributed by atoms with E-state index in [2.05, 4.69) is 22.3 Å². The lowest BCUT2D eigenvalue weighted by Gasteiger charge is -2.02. The molecule has 27 heavy (non-hydrogen) atoms. The van der Waals surface area contributed by atoms with Crippen molar-refractivity contribution in [3.8, 4) is 11.8 Å². The number of hydrogen-bond acceptors (Lipinski definition) is 3. The first kappa shape index (κ1) is 18.2. The van der Waals surface area contributed by atoms with Crippen molar-refractivity contribution in [3.05, 3.63) is 101 Å². The van der Waals surface area contributed by atoms with Crippen molar-refractivity contribution in [2.45, 2.75) is 0 Å². The molecule has 132 valence electrons. The molecule has 4 nitrogen and oxygen atoms in total. The molecular weight excluding hydrogens is 360 g/mol. The van der Waals surface area contributed by atoms with Gasteiger partial charge in [0.25, 0.3) is 0 Å². The molecule has 0 atom stereocenters. The summed E-state index contributed by atoms with van der Waals surface area (Å²) in [7, 11) is 0. The summed E-state index contributed by atoms with van der Waals surface area (Å²) in [6.07, 6.45) is 0.773. The first-order valence-corrected chi connectivity index (χ1v) is 8.51. The van der Waals surface area contributed by atoms with Gasteiger partial charge >= 0.3 is 6.09 Å². The predicted octanol–water partition coefficient (Wildman–Crippen LogP) is 5.32. The smallest absolute Gasteiger partial charge is 0.298 e. The Morgan fingerprint density at radius 2 is 1.52 bits per heavy atom. The Bertz CT molecular complexity index is 986. The Balaban J connectivity index is 1.52. The summed E-state index contributed by atoms with van der Waals surface area (Å²) >= 11 is 5.79. The molecule has 0 saturated carbocycles. The molecule has 3 aromatic carbocycles. The molecule has 3 aromatic rings. The quantitative estimate of drug-likeness (QED) is 0.292. The van der Waals surface area contributed by atoms with Gasteiger partial charge in [-0.05, 0) is 54.1 Å². The van der Waals surface area contributed by atoms with Crippen LogP contribution in [-0.2, 0) is 4.84 Å². The molecule has 0 spiro atoms. The molecular formula is C22H15ClN2O2. The number of carbonyl (C=O) groups excluding carboxylic acids is 1. The van der Waals surface area contributed by atoms with Crippen LogP contribution in [-0.4, -0.2) is 12.3 Å². The van der Waals surface area contributed by atoms with E-state index in [1.807, 2.05) is 54.6 Å². The minimum absolute atomic E-state index is 0.570. The molecule has 3 rings (SSSR count). The fourth-order valence-corrected chi connectivity index (χ4v) is 2.25. The average Bonchev–Trinajstić information content (AvgIpc) is 2.70. The molecule has 0 fully saturated rings. The lowest BCUT2D eigenvalue weighted by molar-refractivity contribution is 0.167. The van der Waals surface area contributed by atoms with Crippen LogP contribution in [0.15, 0.2) is 84.0 Å². The number of oxime groups is 1. The number of carbonyl (C=O) groups is 1. The van der Waals surface area contributed by atoms with Crippen molar-refractivity contribution in [2.24, 2.45) is 5.16 Å². The van der Waals surface area contributed by atoms with Crippen molar-refractivity contribution in [3.63, 3.8) is 0 Å². The highest BCUT2D eigenvalue weighted by molar-refractivity contribution is 6.30. The van der Waals surface area contributed by atoms with E-state index in [1.165, 1.54) is 6.21 Å². The maximum absolute atomic E-state index is 11.7. The zero-order valence-electron chi connectivity index (χ0n) is 14.2. The van der Waals surface area contributed by atoms with Gasteiger partial charge in [-0.2, -0.15) is 0 Å². The van der Waals surface area contributed by atoms with Gasteiger partial charge in [0.1, 0.15) is 0 Å². The van der Waals surface area contributed by atoms with E-state index < -0.39 is 6.09 Å². The Morgan fingerprint density at radius 1 is 0.889 bits per heavy atom. The van der Waals surface area contributed by atoms with Gasteiger partial charge in [0, 0.05) is 21.8 Å². The summed E-state index contributed by atoms with van der Waals surface area (Å²) < 4.78 is 0. The summed E-state index contributed by atoms with van der Waals surface area (Å²) in [6, 6.07) is 23.9. The van der Waals surface area contributed by atoms with Crippen LogP contribution in [0.2, 0.25) is 5.02 Å². The molecule has 5 heteroatoms. The third kappa shape index (κ3) is 6.03. The fourth-order valence-electron chi connectivity index (χ4n) is 2.13. The highest BCUT2D eigenvalue weighted by Gasteiger charge is 2.02. The number of nitrogens with one attached hydrogen (secondary N) is 1. The Labute approximate surface area is 162 Å². The van der Waals surface area contributed by atoms with Crippen LogP contribution in [0.4, 0.5) is 10.5 Å². The minimum atomic E-state index is -0.682. The number of amides is 1. The zero-order chi connectivity index (χ0) is 18.9. The maximum Gasteiger partial charge on any atom is 0.437 e. The number of rotatable bonds is 3. The van der Waals surface area contributed by atoms with E-state index in [4.69, 9.17) is 16.4 Å². The molecule has 0 bridgehead atoms. The van der Waals surface area contributed by atoms with Gasteiger partial charge < -0.3 is 0 Å².